The molecule has 0 aromatic heterocycles. The molecule has 8 nitrogen and oxygen atoms in total. The number of carbonyl (C=O) groups excluding carboxylic acids is 3. The third-order valence-electron chi connectivity index (χ3n) is 7.54. The quantitative estimate of drug-likeness (QED) is 0.0395. The molecule has 260 valence electrons. The fraction of sp³-hybridized carbons (Fsp3) is 0.244. The van der Waals surface area contributed by atoms with Gasteiger partial charge in [-0.1, -0.05) is 61.7 Å². The van der Waals surface area contributed by atoms with E-state index in [9.17, 15) is 18.8 Å². The Morgan fingerprint density at radius 2 is 0.940 bits per heavy atom. The summed E-state index contributed by atoms with van der Waals surface area (Å²) in [5.74, 6) is -1.10. The molecular weight excluding hydrogens is 639 g/mol. The molecule has 4 rings (SSSR count). The summed E-state index contributed by atoms with van der Waals surface area (Å²) in [6.45, 7) is 7.81. The Labute approximate surface area is 292 Å². The number of carbonyl (C=O) groups is 3. The predicted molar refractivity (Wildman–Crippen MR) is 190 cm³/mol. The van der Waals surface area contributed by atoms with Gasteiger partial charge in [0.15, 0.2) is 0 Å². The van der Waals surface area contributed by atoms with Crippen LogP contribution in [0.1, 0.15) is 48.9 Å². The number of halogens is 1. The normalized spacial score (nSPS) is 10.5. The van der Waals surface area contributed by atoms with Crippen molar-refractivity contribution < 1.29 is 42.5 Å². The first-order valence-corrected chi connectivity index (χ1v) is 16.5. The van der Waals surface area contributed by atoms with Gasteiger partial charge in [-0.15, -0.1) is 0 Å². The second kappa shape index (κ2) is 20.0. The lowest BCUT2D eigenvalue weighted by atomic mass is 10.0. The van der Waals surface area contributed by atoms with E-state index in [-0.39, 0.29) is 6.61 Å². The molecule has 0 bridgehead atoms. The Hall–Kier alpha value is -5.70. The van der Waals surface area contributed by atoms with E-state index in [4.69, 9.17) is 23.7 Å². The van der Waals surface area contributed by atoms with Crippen LogP contribution in [0.2, 0.25) is 0 Å². The first kappa shape index (κ1) is 37.1. The van der Waals surface area contributed by atoms with Crippen molar-refractivity contribution in [3.63, 3.8) is 0 Å². The molecule has 0 saturated carbocycles. The highest BCUT2D eigenvalue weighted by Crippen LogP contribution is 2.28. The number of esters is 3. The fourth-order valence-electron chi connectivity index (χ4n) is 4.78. The molecule has 0 radical (unpaired) electrons. The van der Waals surface area contributed by atoms with E-state index in [0.717, 1.165) is 59.8 Å². The van der Waals surface area contributed by atoms with E-state index in [2.05, 4.69) is 37.4 Å². The smallest absolute Gasteiger partial charge is 0.366 e. The van der Waals surface area contributed by atoms with Crippen molar-refractivity contribution in [2.75, 3.05) is 26.4 Å². The van der Waals surface area contributed by atoms with Gasteiger partial charge in [0.1, 0.15) is 17.2 Å². The summed E-state index contributed by atoms with van der Waals surface area (Å²) in [4.78, 5) is 34.7. The Morgan fingerprint density at radius 1 is 0.540 bits per heavy atom. The molecule has 0 unspecified atom stereocenters. The summed E-state index contributed by atoms with van der Waals surface area (Å²) in [6, 6.07) is 30.3. The minimum Gasteiger partial charge on any atom is -0.494 e. The van der Waals surface area contributed by atoms with E-state index in [1.165, 1.54) is 0 Å². The van der Waals surface area contributed by atoms with Crippen LogP contribution in [0.25, 0.3) is 22.3 Å². The lowest BCUT2D eigenvalue weighted by Gasteiger charge is -2.09. The zero-order chi connectivity index (χ0) is 35.6. The maximum atomic E-state index is 12.7. The van der Waals surface area contributed by atoms with Gasteiger partial charge in [0.25, 0.3) is 0 Å². The van der Waals surface area contributed by atoms with Crippen molar-refractivity contribution >= 4 is 17.9 Å². The van der Waals surface area contributed by atoms with Crippen LogP contribution in [0.4, 0.5) is 4.39 Å². The first-order chi connectivity index (χ1) is 24.3. The number of unbranched alkanes of at least 4 members (excludes halogenated alkanes) is 4. The van der Waals surface area contributed by atoms with Crippen molar-refractivity contribution in [1.82, 2.24) is 0 Å². The topological polar surface area (TPSA) is 97.4 Å². The highest BCUT2D eigenvalue weighted by molar-refractivity contribution is 5.91. The van der Waals surface area contributed by atoms with Crippen molar-refractivity contribution in [2.24, 2.45) is 0 Å². The third-order valence-corrected chi connectivity index (χ3v) is 7.54. The van der Waals surface area contributed by atoms with Crippen molar-refractivity contribution in [2.45, 2.75) is 38.5 Å². The number of ether oxygens (including phenoxy) is 5. The van der Waals surface area contributed by atoms with Gasteiger partial charge >= 0.3 is 17.9 Å². The predicted octanol–water partition coefficient (Wildman–Crippen LogP) is 9.09. The minimum absolute atomic E-state index is 0.187. The summed E-state index contributed by atoms with van der Waals surface area (Å²) in [7, 11) is 0. The van der Waals surface area contributed by atoms with Gasteiger partial charge in [0.2, 0.25) is 5.83 Å². The summed E-state index contributed by atoms with van der Waals surface area (Å²) in [5.41, 5.74) is 4.58. The Kier molecular flexibility index (Phi) is 14.8. The fourth-order valence-corrected chi connectivity index (χ4v) is 4.78. The first-order valence-electron chi connectivity index (χ1n) is 16.5. The highest BCUT2D eigenvalue weighted by Gasteiger charge is 2.10. The molecule has 0 N–H and O–H groups in total. The minimum atomic E-state index is -1.07. The monoisotopic (exact) mass is 680 g/mol. The molecule has 0 aliphatic heterocycles. The van der Waals surface area contributed by atoms with E-state index in [0.29, 0.717) is 49.7 Å². The number of rotatable bonds is 20. The standard InChI is InChI=1S/C41H41FO8/c1-3-39(43)48-28-9-8-27-47-37-22-18-35(19-23-37)41(45)50-38-24-16-34(17-25-38)32-12-10-31(11-13-32)33-14-20-36(21-15-33)46-26-6-4-5-7-29-49-40(44)30(2)42/h3,10-25H,1-2,4-9,26-29H2. The van der Waals surface area contributed by atoms with Gasteiger partial charge in [-0.25, -0.2) is 14.4 Å². The third kappa shape index (κ3) is 12.4. The van der Waals surface area contributed by atoms with Crippen molar-refractivity contribution in [3.05, 3.63) is 128 Å². The van der Waals surface area contributed by atoms with Crippen molar-refractivity contribution in [3.8, 4) is 39.5 Å². The van der Waals surface area contributed by atoms with Crippen LogP contribution in [0, 0.1) is 0 Å². The number of hydrogen-bond donors (Lipinski definition) is 0. The lowest BCUT2D eigenvalue weighted by molar-refractivity contribution is -0.141. The van der Waals surface area contributed by atoms with Crippen LogP contribution in [0.3, 0.4) is 0 Å². The molecular formula is C41H41FO8. The molecule has 9 heteroatoms. The highest BCUT2D eigenvalue weighted by atomic mass is 19.1. The van der Waals surface area contributed by atoms with Crippen LogP contribution < -0.4 is 14.2 Å². The molecule has 0 spiro atoms. The molecule has 0 atom stereocenters. The molecule has 0 saturated heterocycles. The van der Waals surface area contributed by atoms with Gasteiger partial charge in [0.05, 0.1) is 32.0 Å². The Balaban J connectivity index is 1.16. The SMILES string of the molecule is C=CC(=O)OCCCCOc1ccc(C(=O)Oc2ccc(-c3ccc(-c4ccc(OCCCCCCOC(=O)C(=C)F)cc4)cc3)cc2)cc1. The van der Waals surface area contributed by atoms with Crippen LogP contribution >= 0.6 is 0 Å². The van der Waals surface area contributed by atoms with Gasteiger partial charge in [-0.3, -0.25) is 0 Å². The summed E-state index contributed by atoms with van der Waals surface area (Å²) < 4.78 is 39.3. The molecule has 50 heavy (non-hydrogen) atoms. The molecule has 0 fully saturated rings. The second-order valence-electron chi connectivity index (χ2n) is 11.3. The Bertz CT molecular complexity index is 1700. The van der Waals surface area contributed by atoms with E-state index < -0.39 is 23.7 Å². The van der Waals surface area contributed by atoms with Gasteiger partial charge in [-0.2, -0.15) is 4.39 Å². The lowest BCUT2D eigenvalue weighted by Crippen LogP contribution is -2.08. The second-order valence-corrected chi connectivity index (χ2v) is 11.3. The van der Waals surface area contributed by atoms with Gasteiger partial charge < -0.3 is 23.7 Å². The zero-order valence-electron chi connectivity index (χ0n) is 27.9. The molecule has 0 heterocycles. The molecule has 0 aliphatic rings. The summed E-state index contributed by atoms with van der Waals surface area (Å²) >= 11 is 0. The maximum Gasteiger partial charge on any atom is 0.366 e. The van der Waals surface area contributed by atoms with Gasteiger partial charge in [0, 0.05) is 6.08 Å². The average Bonchev–Trinajstić information content (AvgIpc) is 3.14. The molecule has 0 aliphatic carbocycles. The van der Waals surface area contributed by atoms with Gasteiger partial charge in [-0.05, 0) is 109 Å². The molecule has 0 amide bonds. The van der Waals surface area contributed by atoms with Crippen LogP contribution in [-0.4, -0.2) is 44.3 Å². The zero-order valence-corrected chi connectivity index (χ0v) is 27.9. The molecule has 4 aromatic carbocycles. The van der Waals surface area contributed by atoms with Crippen LogP contribution in [0.5, 0.6) is 17.2 Å². The van der Waals surface area contributed by atoms with E-state index >= 15 is 0 Å². The van der Waals surface area contributed by atoms with E-state index in [1.807, 2.05) is 36.4 Å². The summed E-state index contributed by atoms with van der Waals surface area (Å²) in [6.07, 6.45) is 5.84. The van der Waals surface area contributed by atoms with Crippen molar-refractivity contribution in [1.29, 1.82) is 0 Å². The number of benzene rings is 4. The van der Waals surface area contributed by atoms with Crippen LogP contribution in [-0.2, 0) is 19.1 Å². The number of hydrogen-bond acceptors (Lipinski definition) is 8. The summed E-state index contributed by atoms with van der Waals surface area (Å²) in [5, 5.41) is 0. The van der Waals surface area contributed by atoms with E-state index in [1.54, 1.807) is 36.4 Å². The largest absolute Gasteiger partial charge is 0.494 e. The maximum absolute atomic E-state index is 12.7. The molecule has 4 aromatic rings. The van der Waals surface area contributed by atoms with Crippen LogP contribution in [0.15, 0.2) is 122 Å². The average molecular weight is 681 g/mol. The Morgan fingerprint density at radius 3 is 1.44 bits per heavy atom.